The number of unbranched alkanes of at least 4 members (excludes halogenated alkanes) is 5. The molecular formula is C46H50N2O2+2. The second-order valence-corrected chi connectivity index (χ2v) is 13.4. The second-order valence-electron chi connectivity index (χ2n) is 13.4. The van der Waals surface area contributed by atoms with Gasteiger partial charge < -0.3 is 0 Å². The molecule has 0 spiro atoms. The van der Waals surface area contributed by atoms with Crippen LogP contribution in [0, 0.1) is 0 Å². The molecule has 254 valence electrons. The third-order valence-corrected chi connectivity index (χ3v) is 9.01. The van der Waals surface area contributed by atoms with Gasteiger partial charge in [0.15, 0.2) is 24.8 Å². The summed E-state index contributed by atoms with van der Waals surface area (Å²) in [7, 11) is 2.04. The molecule has 0 atom stereocenters. The Labute approximate surface area is 298 Å². The Morgan fingerprint density at radius 3 is 1.38 bits per heavy atom. The Morgan fingerprint density at radius 1 is 0.500 bits per heavy atom. The summed E-state index contributed by atoms with van der Waals surface area (Å²) in [6, 6.07) is 33.6. The standard InChI is InChI=1S/C46H50N2O2/c1-37(49)35-42-22-18-40(19-23-42)16-14-38-10-12-39(13-11-38)15-17-41-20-24-43(25-21-41)36-46(50)9-7-5-3-4-6-8-30-48-33-28-45(29-34-48)44-26-31-47(2)32-27-44/h10-29,31-34H,3-9,30,35-36H2,1-2H3/q+2/b16-14+,17-15+. The maximum Gasteiger partial charge on any atom is 0.169 e. The number of rotatable bonds is 18. The Balaban J connectivity index is 0.934. The summed E-state index contributed by atoms with van der Waals surface area (Å²) in [6.07, 6.45) is 25.5. The van der Waals surface area contributed by atoms with Gasteiger partial charge in [-0.15, -0.1) is 0 Å². The Morgan fingerprint density at radius 2 is 0.900 bits per heavy atom. The highest BCUT2D eigenvalue weighted by atomic mass is 16.1. The first-order valence-electron chi connectivity index (χ1n) is 18.0. The molecule has 0 saturated heterocycles. The van der Waals surface area contributed by atoms with E-state index in [2.05, 4.69) is 131 Å². The highest BCUT2D eigenvalue weighted by Gasteiger charge is 2.06. The topological polar surface area (TPSA) is 41.9 Å². The predicted octanol–water partition coefficient (Wildman–Crippen LogP) is 9.48. The van der Waals surface area contributed by atoms with Gasteiger partial charge in [0.05, 0.1) is 0 Å². The molecule has 3 aromatic carbocycles. The van der Waals surface area contributed by atoms with E-state index in [0.717, 1.165) is 52.8 Å². The molecule has 5 aromatic rings. The molecule has 4 nitrogen and oxygen atoms in total. The van der Waals surface area contributed by atoms with Gasteiger partial charge >= 0.3 is 0 Å². The third-order valence-electron chi connectivity index (χ3n) is 9.01. The van der Waals surface area contributed by atoms with Gasteiger partial charge in [-0.05, 0) is 64.3 Å². The third kappa shape index (κ3) is 12.3. The number of aryl methyl sites for hydroxylation is 2. The lowest BCUT2D eigenvalue weighted by atomic mass is 10.0. The summed E-state index contributed by atoms with van der Waals surface area (Å²) in [5.41, 5.74) is 9.12. The molecule has 0 saturated carbocycles. The first kappa shape index (κ1) is 36.1. The number of hydrogen-bond donors (Lipinski definition) is 0. The van der Waals surface area contributed by atoms with Gasteiger partial charge in [0.25, 0.3) is 0 Å². The zero-order valence-electron chi connectivity index (χ0n) is 29.6. The Kier molecular flexibility index (Phi) is 13.8. The summed E-state index contributed by atoms with van der Waals surface area (Å²) in [6.45, 7) is 2.66. The number of pyridine rings is 2. The van der Waals surface area contributed by atoms with Crippen LogP contribution >= 0.6 is 0 Å². The fraction of sp³-hybridized carbons (Fsp3) is 0.261. The van der Waals surface area contributed by atoms with Crippen LogP contribution < -0.4 is 9.13 Å². The van der Waals surface area contributed by atoms with Crippen molar-refractivity contribution in [3.05, 3.63) is 155 Å². The van der Waals surface area contributed by atoms with E-state index in [1.807, 2.05) is 31.3 Å². The molecule has 2 aromatic heterocycles. The van der Waals surface area contributed by atoms with E-state index in [1.54, 1.807) is 6.92 Å². The van der Waals surface area contributed by atoms with Gasteiger partial charge in [0.1, 0.15) is 25.2 Å². The summed E-state index contributed by atoms with van der Waals surface area (Å²) in [4.78, 5) is 23.9. The zero-order valence-corrected chi connectivity index (χ0v) is 29.6. The first-order chi connectivity index (χ1) is 24.4. The zero-order chi connectivity index (χ0) is 35.0. The van der Waals surface area contributed by atoms with Crippen LogP contribution in [0.3, 0.4) is 0 Å². The van der Waals surface area contributed by atoms with Gasteiger partial charge in [0, 0.05) is 49.9 Å². The molecular weight excluding hydrogens is 613 g/mol. The van der Waals surface area contributed by atoms with Gasteiger partial charge in [-0.1, -0.05) is 116 Å². The number of aromatic nitrogens is 2. The van der Waals surface area contributed by atoms with Crippen molar-refractivity contribution in [2.75, 3.05) is 0 Å². The maximum atomic E-state index is 12.6. The van der Waals surface area contributed by atoms with Crippen molar-refractivity contribution in [1.29, 1.82) is 0 Å². The number of benzene rings is 3. The van der Waals surface area contributed by atoms with Crippen LogP contribution in [0.2, 0.25) is 0 Å². The van der Waals surface area contributed by atoms with Gasteiger partial charge in [-0.3, -0.25) is 9.59 Å². The van der Waals surface area contributed by atoms with E-state index in [9.17, 15) is 9.59 Å². The summed E-state index contributed by atoms with van der Waals surface area (Å²) in [5, 5.41) is 0. The van der Waals surface area contributed by atoms with E-state index in [1.165, 1.54) is 36.8 Å². The van der Waals surface area contributed by atoms with Crippen molar-refractivity contribution in [1.82, 2.24) is 0 Å². The van der Waals surface area contributed by atoms with Gasteiger partial charge in [0.2, 0.25) is 0 Å². The van der Waals surface area contributed by atoms with Crippen LogP contribution in [0.15, 0.2) is 122 Å². The van der Waals surface area contributed by atoms with Crippen LogP contribution in [0.25, 0.3) is 35.4 Å². The molecule has 0 radical (unpaired) electrons. The number of carbonyl (C=O) groups is 2. The minimum Gasteiger partial charge on any atom is -0.300 e. The molecule has 2 heterocycles. The van der Waals surface area contributed by atoms with Crippen molar-refractivity contribution in [3.63, 3.8) is 0 Å². The van der Waals surface area contributed by atoms with E-state index in [4.69, 9.17) is 0 Å². The lowest BCUT2D eigenvalue weighted by Crippen LogP contribution is -2.32. The number of nitrogens with zero attached hydrogens (tertiary/aromatic N) is 2. The Hall–Kier alpha value is -5.22. The molecule has 0 aliphatic rings. The number of carbonyl (C=O) groups excluding carboxylic acids is 2. The monoisotopic (exact) mass is 662 g/mol. The highest BCUT2D eigenvalue weighted by molar-refractivity contribution is 5.81. The lowest BCUT2D eigenvalue weighted by molar-refractivity contribution is -0.697. The predicted molar refractivity (Wildman–Crippen MR) is 206 cm³/mol. The second kappa shape index (κ2) is 19.1. The summed E-state index contributed by atoms with van der Waals surface area (Å²) >= 11 is 0. The maximum absolute atomic E-state index is 12.6. The van der Waals surface area contributed by atoms with Crippen molar-refractivity contribution in [2.24, 2.45) is 7.05 Å². The molecule has 4 heteroatoms. The molecule has 0 bridgehead atoms. The molecule has 0 unspecified atom stereocenters. The van der Waals surface area contributed by atoms with Crippen molar-refractivity contribution in [2.45, 2.75) is 71.3 Å². The number of ketones is 2. The van der Waals surface area contributed by atoms with Crippen LogP contribution in [-0.4, -0.2) is 11.6 Å². The van der Waals surface area contributed by atoms with Gasteiger partial charge in [-0.2, -0.15) is 0 Å². The van der Waals surface area contributed by atoms with Crippen molar-refractivity contribution in [3.8, 4) is 11.1 Å². The summed E-state index contributed by atoms with van der Waals surface area (Å²) in [5.74, 6) is 0.508. The van der Waals surface area contributed by atoms with Crippen LogP contribution in [0.1, 0.15) is 85.3 Å². The largest absolute Gasteiger partial charge is 0.300 e. The van der Waals surface area contributed by atoms with E-state index < -0.39 is 0 Å². The fourth-order valence-corrected chi connectivity index (χ4v) is 6.02. The average Bonchev–Trinajstić information content (AvgIpc) is 3.13. The molecule has 0 amide bonds. The van der Waals surface area contributed by atoms with Crippen molar-refractivity contribution < 1.29 is 18.7 Å². The lowest BCUT2D eigenvalue weighted by Gasteiger charge is -2.04. The van der Waals surface area contributed by atoms with E-state index in [0.29, 0.717) is 25.0 Å². The molecule has 0 aliphatic carbocycles. The summed E-state index contributed by atoms with van der Waals surface area (Å²) < 4.78 is 4.32. The molecule has 0 N–H and O–H groups in total. The fourth-order valence-electron chi connectivity index (χ4n) is 6.02. The molecule has 0 fully saturated rings. The van der Waals surface area contributed by atoms with Crippen molar-refractivity contribution >= 4 is 35.9 Å². The first-order valence-corrected chi connectivity index (χ1v) is 18.0. The van der Waals surface area contributed by atoms with Crippen LogP contribution in [-0.2, 0) is 36.0 Å². The average molecular weight is 663 g/mol. The van der Waals surface area contributed by atoms with Crippen LogP contribution in [0.4, 0.5) is 0 Å². The Bertz CT molecular complexity index is 1850. The minimum atomic E-state index is 0.178. The smallest absolute Gasteiger partial charge is 0.169 e. The normalized spacial score (nSPS) is 11.4. The molecule has 50 heavy (non-hydrogen) atoms. The molecule has 5 rings (SSSR count). The van der Waals surface area contributed by atoms with Gasteiger partial charge in [-0.25, -0.2) is 9.13 Å². The highest BCUT2D eigenvalue weighted by Crippen LogP contribution is 2.17. The quantitative estimate of drug-likeness (QED) is 0.0533. The SMILES string of the molecule is CC(=O)Cc1ccc(/C=C/c2ccc(/C=C/c3ccc(CC(=O)CCCCCCCC[n+]4ccc(-c5cc[n+](C)cc5)cc4)cc3)cc2)cc1. The van der Waals surface area contributed by atoms with E-state index >= 15 is 0 Å². The van der Waals surface area contributed by atoms with E-state index in [-0.39, 0.29) is 5.78 Å². The number of Topliss-reactive ketones (excluding diaryl/α,β-unsaturated/α-hetero) is 2. The van der Waals surface area contributed by atoms with Crippen LogP contribution in [0.5, 0.6) is 0 Å². The minimum absolute atomic E-state index is 0.178. The molecule has 0 aliphatic heterocycles. The number of hydrogen-bond acceptors (Lipinski definition) is 2.